The molecule has 1 aromatic carbocycles. The number of hydrogen-bond donors (Lipinski definition) is 1. The number of rotatable bonds is 4. The first-order chi connectivity index (χ1) is 11.9. The van der Waals surface area contributed by atoms with Crippen LogP contribution in [0.15, 0.2) is 53.6 Å². The topological polar surface area (TPSA) is 72.7 Å². The first-order valence-electron chi connectivity index (χ1n) is 7.28. The molecule has 0 radical (unpaired) electrons. The van der Waals surface area contributed by atoms with Crippen LogP contribution >= 0.6 is 0 Å². The quantitative estimate of drug-likeness (QED) is 0.789. The van der Waals surface area contributed by atoms with Gasteiger partial charge in [0, 0.05) is 18.1 Å². The minimum Gasteiger partial charge on any atom is -0.435 e. The van der Waals surface area contributed by atoms with E-state index in [0.717, 1.165) is 5.56 Å². The van der Waals surface area contributed by atoms with Gasteiger partial charge in [-0.05, 0) is 42.8 Å². The van der Waals surface area contributed by atoms with Gasteiger partial charge in [0.1, 0.15) is 17.0 Å². The van der Waals surface area contributed by atoms with Crippen molar-refractivity contribution in [3.8, 4) is 5.75 Å². The molecule has 6 nitrogen and oxygen atoms in total. The summed E-state index contributed by atoms with van der Waals surface area (Å²) in [4.78, 5) is 28.8. The zero-order valence-electron chi connectivity index (χ0n) is 13.1. The van der Waals surface area contributed by atoms with Crippen LogP contribution in [0.4, 0.5) is 14.5 Å². The molecule has 3 rings (SSSR count). The van der Waals surface area contributed by atoms with Crippen LogP contribution in [0.2, 0.25) is 0 Å². The van der Waals surface area contributed by atoms with Crippen LogP contribution in [0.3, 0.4) is 0 Å². The second-order valence-corrected chi connectivity index (χ2v) is 5.27. The number of hydrogen-bond acceptors (Lipinski definition) is 4. The van der Waals surface area contributed by atoms with Crippen molar-refractivity contribution in [1.82, 2.24) is 9.38 Å². The van der Waals surface area contributed by atoms with Crippen LogP contribution in [0, 0.1) is 6.92 Å². The number of nitrogens with zero attached hydrogens (tertiary/aromatic N) is 2. The van der Waals surface area contributed by atoms with E-state index in [0.29, 0.717) is 11.3 Å². The van der Waals surface area contributed by atoms with Gasteiger partial charge < -0.3 is 10.1 Å². The average Bonchev–Trinajstić information content (AvgIpc) is 2.57. The molecule has 0 unspecified atom stereocenters. The lowest BCUT2D eigenvalue weighted by molar-refractivity contribution is -0.0498. The maximum Gasteiger partial charge on any atom is 0.387 e. The highest BCUT2D eigenvalue weighted by molar-refractivity contribution is 6.03. The molecular formula is C17H13F2N3O3. The number of anilines is 1. The van der Waals surface area contributed by atoms with E-state index < -0.39 is 18.1 Å². The molecule has 1 amide bonds. The Bertz CT molecular complexity index is 985. The van der Waals surface area contributed by atoms with Crippen molar-refractivity contribution in [2.75, 3.05) is 5.32 Å². The molecule has 25 heavy (non-hydrogen) atoms. The van der Waals surface area contributed by atoms with E-state index in [1.165, 1.54) is 34.9 Å². The van der Waals surface area contributed by atoms with Crippen LogP contribution in [-0.2, 0) is 0 Å². The summed E-state index contributed by atoms with van der Waals surface area (Å²) in [5.74, 6) is -0.674. The fourth-order valence-corrected chi connectivity index (χ4v) is 2.26. The Morgan fingerprint density at radius 2 is 1.92 bits per heavy atom. The minimum atomic E-state index is -2.92. The van der Waals surface area contributed by atoms with Gasteiger partial charge in [-0.3, -0.25) is 14.0 Å². The Morgan fingerprint density at radius 1 is 1.20 bits per heavy atom. The maximum atomic E-state index is 12.4. The number of aromatic nitrogens is 2. The Balaban J connectivity index is 1.85. The molecule has 0 fully saturated rings. The lowest BCUT2D eigenvalue weighted by Crippen LogP contribution is -2.26. The number of ether oxygens (including phenoxy) is 1. The van der Waals surface area contributed by atoms with Gasteiger partial charge in [-0.15, -0.1) is 0 Å². The molecule has 0 aliphatic rings. The van der Waals surface area contributed by atoms with Crippen LogP contribution in [0.1, 0.15) is 15.9 Å². The molecule has 0 spiro atoms. The molecule has 2 aromatic heterocycles. The second kappa shape index (κ2) is 6.68. The molecule has 0 saturated carbocycles. The summed E-state index contributed by atoms with van der Waals surface area (Å²) in [6.07, 6.45) is 2.80. The summed E-state index contributed by atoms with van der Waals surface area (Å²) in [5.41, 5.74) is 0.990. The second-order valence-electron chi connectivity index (χ2n) is 5.27. The first-order valence-corrected chi connectivity index (χ1v) is 7.28. The fraction of sp³-hybridized carbons (Fsp3) is 0.118. The number of fused-ring (bicyclic) bond motifs is 1. The van der Waals surface area contributed by atoms with E-state index in [1.807, 2.05) is 13.0 Å². The molecule has 0 bridgehead atoms. The van der Waals surface area contributed by atoms with Gasteiger partial charge in [0.15, 0.2) is 0 Å². The third-order valence-corrected chi connectivity index (χ3v) is 3.43. The number of halogens is 2. The number of carbonyl (C=O) groups excluding carboxylic acids is 1. The summed E-state index contributed by atoms with van der Waals surface area (Å²) >= 11 is 0. The van der Waals surface area contributed by atoms with Gasteiger partial charge in [-0.1, -0.05) is 6.07 Å². The summed E-state index contributed by atoms with van der Waals surface area (Å²) < 4.78 is 29.8. The molecule has 0 aliphatic heterocycles. The number of amides is 1. The Hall–Kier alpha value is -3.29. The van der Waals surface area contributed by atoms with Gasteiger partial charge >= 0.3 is 6.61 Å². The summed E-state index contributed by atoms with van der Waals surface area (Å²) in [5, 5.41) is 2.52. The molecule has 2 heterocycles. The number of alkyl halides is 2. The van der Waals surface area contributed by atoms with Gasteiger partial charge in [0.25, 0.3) is 11.5 Å². The summed E-state index contributed by atoms with van der Waals surface area (Å²) in [6, 6.07) is 8.86. The summed E-state index contributed by atoms with van der Waals surface area (Å²) in [6.45, 7) is -1.10. The van der Waals surface area contributed by atoms with E-state index in [2.05, 4.69) is 15.0 Å². The molecule has 8 heteroatoms. The third-order valence-electron chi connectivity index (χ3n) is 3.43. The van der Waals surface area contributed by atoms with Crippen molar-refractivity contribution in [2.24, 2.45) is 0 Å². The van der Waals surface area contributed by atoms with Crippen molar-refractivity contribution in [3.05, 3.63) is 70.3 Å². The van der Waals surface area contributed by atoms with E-state index in [-0.39, 0.29) is 11.3 Å². The maximum absolute atomic E-state index is 12.4. The Labute approximate surface area is 140 Å². The molecule has 128 valence electrons. The standard InChI is InChI=1S/C17H13F2N3O3/c1-10-2-7-14-20-8-13(16(24)22(14)9-10)15(23)21-11-3-5-12(6-4-11)25-17(18)19/h2-9,17H,1H3,(H,21,23). The molecule has 0 atom stereocenters. The number of nitrogens with one attached hydrogen (secondary N) is 1. The molecule has 1 N–H and O–H groups in total. The Morgan fingerprint density at radius 3 is 2.60 bits per heavy atom. The van der Waals surface area contributed by atoms with Crippen molar-refractivity contribution in [1.29, 1.82) is 0 Å². The number of benzene rings is 1. The van der Waals surface area contributed by atoms with Crippen LogP contribution in [0.5, 0.6) is 5.75 Å². The highest BCUT2D eigenvalue weighted by Crippen LogP contribution is 2.18. The van der Waals surface area contributed by atoms with E-state index in [1.54, 1.807) is 12.3 Å². The van der Waals surface area contributed by atoms with Gasteiger partial charge in [-0.2, -0.15) is 8.78 Å². The van der Waals surface area contributed by atoms with Gasteiger partial charge in [0.2, 0.25) is 0 Å². The van der Waals surface area contributed by atoms with Crippen molar-refractivity contribution >= 4 is 17.2 Å². The van der Waals surface area contributed by atoms with Crippen molar-refractivity contribution in [2.45, 2.75) is 13.5 Å². The number of pyridine rings is 1. The van der Waals surface area contributed by atoms with E-state index in [4.69, 9.17) is 0 Å². The van der Waals surface area contributed by atoms with Crippen LogP contribution in [0.25, 0.3) is 5.65 Å². The van der Waals surface area contributed by atoms with E-state index >= 15 is 0 Å². The Kier molecular flexibility index (Phi) is 4.42. The third kappa shape index (κ3) is 3.63. The normalized spacial score (nSPS) is 10.9. The zero-order chi connectivity index (χ0) is 18.0. The van der Waals surface area contributed by atoms with Gasteiger partial charge in [0.05, 0.1) is 0 Å². The van der Waals surface area contributed by atoms with Crippen LogP contribution < -0.4 is 15.6 Å². The van der Waals surface area contributed by atoms with Crippen molar-refractivity contribution < 1.29 is 18.3 Å². The average molecular weight is 345 g/mol. The first kappa shape index (κ1) is 16.6. The van der Waals surface area contributed by atoms with Crippen LogP contribution in [-0.4, -0.2) is 21.9 Å². The molecular weight excluding hydrogens is 332 g/mol. The predicted octanol–water partition coefficient (Wildman–Crippen LogP) is 2.86. The van der Waals surface area contributed by atoms with Gasteiger partial charge in [-0.25, -0.2) is 4.98 Å². The highest BCUT2D eigenvalue weighted by atomic mass is 19.3. The summed E-state index contributed by atoms with van der Waals surface area (Å²) in [7, 11) is 0. The molecule has 3 aromatic rings. The van der Waals surface area contributed by atoms with Crippen molar-refractivity contribution in [3.63, 3.8) is 0 Å². The highest BCUT2D eigenvalue weighted by Gasteiger charge is 2.14. The monoisotopic (exact) mass is 345 g/mol. The zero-order valence-corrected chi connectivity index (χ0v) is 13.1. The lowest BCUT2D eigenvalue weighted by atomic mass is 10.2. The molecule has 0 saturated heterocycles. The number of aryl methyl sites for hydroxylation is 1. The predicted molar refractivity (Wildman–Crippen MR) is 87.2 cm³/mol. The fourth-order valence-electron chi connectivity index (χ4n) is 2.26. The largest absolute Gasteiger partial charge is 0.435 e. The lowest BCUT2D eigenvalue weighted by Gasteiger charge is -2.08. The smallest absolute Gasteiger partial charge is 0.387 e. The minimum absolute atomic E-state index is 0.0316. The molecule has 0 aliphatic carbocycles. The SMILES string of the molecule is Cc1ccc2ncc(C(=O)Nc3ccc(OC(F)F)cc3)c(=O)n2c1. The number of carbonyl (C=O) groups is 1. The van der Waals surface area contributed by atoms with E-state index in [9.17, 15) is 18.4 Å².